The number of aliphatic carboxylic acids is 1. The summed E-state index contributed by atoms with van der Waals surface area (Å²) in [5.74, 6) is -2.16. The molecule has 0 aliphatic rings. The van der Waals surface area contributed by atoms with Crippen LogP contribution in [0.2, 0.25) is 0 Å². The molecule has 0 bridgehead atoms. The number of nitrogens with one attached hydrogen (secondary N) is 2. The molecule has 3 N–H and O–H groups in total. The number of hydrogen-bond acceptors (Lipinski definition) is 3. The zero-order valence-corrected chi connectivity index (χ0v) is 24.0. The Balaban J connectivity index is 1.50. The maximum absolute atomic E-state index is 13.4. The zero-order valence-electron chi connectivity index (χ0n) is 24.0. The molecule has 0 spiro atoms. The number of carbonyl (C=O) groups excluding carboxylic acids is 2. The van der Waals surface area contributed by atoms with E-state index in [1.807, 2.05) is 97.1 Å². The van der Waals surface area contributed by atoms with E-state index in [1.165, 1.54) is 0 Å². The lowest BCUT2D eigenvalue weighted by Crippen LogP contribution is -2.49. The topological polar surface area (TPSA) is 95.5 Å². The van der Waals surface area contributed by atoms with Crippen molar-refractivity contribution in [2.45, 2.75) is 12.5 Å². The Morgan fingerprint density at radius 3 is 1.34 bits per heavy atom. The van der Waals surface area contributed by atoms with E-state index >= 15 is 0 Å². The second kappa shape index (κ2) is 14.4. The first-order chi connectivity index (χ1) is 21.5. The third kappa shape index (κ3) is 7.55. The van der Waals surface area contributed by atoms with Gasteiger partial charge in [0.1, 0.15) is 12.6 Å². The number of rotatable bonds is 11. The van der Waals surface area contributed by atoms with E-state index in [-0.39, 0.29) is 6.42 Å². The molecule has 0 heterocycles. The van der Waals surface area contributed by atoms with E-state index in [0.717, 1.165) is 39.0 Å². The van der Waals surface area contributed by atoms with Crippen LogP contribution in [0.1, 0.15) is 38.2 Å². The van der Waals surface area contributed by atoms with Gasteiger partial charge in [0.15, 0.2) is 0 Å². The summed E-state index contributed by atoms with van der Waals surface area (Å²) >= 11 is 0. The fraction of sp³-hybridized carbons (Fsp3) is 0.0789. The van der Waals surface area contributed by atoms with Crippen LogP contribution in [0.3, 0.4) is 0 Å². The molecule has 0 unspecified atom stereocenters. The molecule has 0 aromatic heterocycles. The van der Waals surface area contributed by atoms with Crippen LogP contribution in [0, 0.1) is 0 Å². The monoisotopic (exact) mass is 580 g/mol. The highest BCUT2D eigenvalue weighted by atomic mass is 16.4. The summed E-state index contributed by atoms with van der Waals surface area (Å²) < 4.78 is 0. The quantitative estimate of drug-likeness (QED) is 0.161. The third-order valence-corrected chi connectivity index (χ3v) is 7.19. The summed E-state index contributed by atoms with van der Waals surface area (Å²) in [4.78, 5) is 37.3. The minimum Gasteiger partial charge on any atom is -0.480 e. The van der Waals surface area contributed by atoms with Crippen molar-refractivity contribution in [2.24, 2.45) is 0 Å². The van der Waals surface area contributed by atoms with Gasteiger partial charge in [0.25, 0.3) is 5.91 Å². The number of carbonyl (C=O) groups is 3. The van der Waals surface area contributed by atoms with Crippen molar-refractivity contribution in [3.05, 3.63) is 179 Å². The lowest BCUT2D eigenvalue weighted by atomic mass is 9.85. The van der Waals surface area contributed by atoms with Crippen LogP contribution < -0.4 is 10.6 Å². The number of amides is 2. The Morgan fingerprint density at radius 1 is 0.523 bits per heavy atom. The molecule has 5 aromatic rings. The molecule has 1 atom stereocenters. The summed E-state index contributed by atoms with van der Waals surface area (Å²) in [5.41, 5.74) is 7.39. The Kier molecular flexibility index (Phi) is 9.75. The van der Waals surface area contributed by atoms with Crippen molar-refractivity contribution >= 4 is 28.9 Å². The highest BCUT2D eigenvalue weighted by Crippen LogP contribution is 2.36. The number of benzene rings is 5. The van der Waals surface area contributed by atoms with E-state index in [9.17, 15) is 14.4 Å². The molecule has 2 amide bonds. The second-order valence-electron chi connectivity index (χ2n) is 10.3. The molecule has 0 aliphatic carbocycles. The molecule has 5 aromatic carbocycles. The fourth-order valence-corrected chi connectivity index (χ4v) is 5.10. The smallest absolute Gasteiger partial charge is 0.322 e. The summed E-state index contributed by atoms with van der Waals surface area (Å²) in [6, 6.07) is 46.2. The predicted molar refractivity (Wildman–Crippen MR) is 173 cm³/mol. The normalized spacial score (nSPS) is 11.2. The Labute approximate surface area is 256 Å². The Bertz CT molecular complexity index is 1690. The van der Waals surface area contributed by atoms with Crippen LogP contribution in [0.5, 0.6) is 0 Å². The average Bonchev–Trinajstić information content (AvgIpc) is 3.07. The Morgan fingerprint density at radius 2 is 0.909 bits per heavy atom. The molecule has 44 heavy (non-hydrogen) atoms. The van der Waals surface area contributed by atoms with Gasteiger partial charge in [-0.05, 0) is 51.1 Å². The minimum atomic E-state index is -1.16. The maximum Gasteiger partial charge on any atom is 0.322 e. The van der Waals surface area contributed by atoms with Crippen LogP contribution in [0.25, 0.3) is 11.1 Å². The van der Waals surface area contributed by atoms with E-state index in [0.29, 0.717) is 5.56 Å². The van der Waals surface area contributed by atoms with Crippen molar-refractivity contribution in [1.29, 1.82) is 0 Å². The predicted octanol–water partition coefficient (Wildman–Crippen LogP) is 6.24. The zero-order chi connectivity index (χ0) is 30.7. The molecule has 0 saturated heterocycles. The molecular weight excluding hydrogens is 548 g/mol. The largest absolute Gasteiger partial charge is 0.480 e. The van der Waals surface area contributed by atoms with Gasteiger partial charge in [0, 0.05) is 12.0 Å². The van der Waals surface area contributed by atoms with Gasteiger partial charge in [-0.15, -0.1) is 0 Å². The van der Waals surface area contributed by atoms with Gasteiger partial charge in [-0.2, -0.15) is 0 Å². The summed E-state index contributed by atoms with van der Waals surface area (Å²) in [6.45, 7) is -0.533. The van der Waals surface area contributed by atoms with Crippen LogP contribution in [0.15, 0.2) is 146 Å². The van der Waals surface area contributed by atoms with Gasteiger partial charge in [-0.25, -0.2) is 0 Å². The van der Waals surface area contributed by atoms with Crippen LogP contribution in [0.4, 0.5) is 0 Å². The number of carboxylic acids is 1. The molecule has 0 aliphatic heterocycles. The van der Waals surface area contributed by atoms with Crippen molar-refractivity contribution in [3.8, 4) is 0 Å². The lowest BCUT2D eigenvalue weighted by molar-refractivity contribution is -0.138. The Hall–Kier alpha value is -5.75. The van der Waals surface area contributed by atoms with Crippen molar-refractivity contribution in [2.75, 3.05) is 6.54 Å². The van der Waals surface area contributed by atoms with Gasteiger partial charge in [-0.1, -0.05) is 133 Å². The highest BCUT2D eigenvalue weighted by molar-refractivity contribution is 6.05. The summed E-state index contributed by atoms with van der Waals surface area (Å²) in [6.07, 6.45) is 0.217. The van der Waals surface area contributed by atoms with Gasteiger partial charge >= 0.3 is 5.97 Å². The first-order valence-electron chi connectivity index (χ1n) is 14.3. The standard InChI is InChI=1S/C38H32N2O4/c41-34(42)26-39-38(44)33(25-27-13-5-1-6-14-27)40-37(43)32-23-21-31(22-24-32)36(30-19-11-4-12-20-30)35(28-15-7-2-8-16-28)29-17-9-3-10-18-29/h1-24,33H,25-26H2,(H,39,44)(H,40,43)(H,41,42)/t33-/m0/s1. The van der Waals surface area contributed by atoms with Crippen LogP contribution in [-0.2, 0) is 16.0 Å². The number of hydrogen-bond donors (Lipinski definition) is 3. The lowest BCUT2D eigenvalue weighted by Gasteiger charge is -2.19. The van der Waals surface area contributed by atoms with Gasteiger partial charge in [-0.3, -0.25) is 14.4 Å². The molecule has 0 radical (unpaired) electrons. The first-order valence-corrected chi connectivity index (χ1v) is 14.3. The molecule has 218 valence electrons. The van der Waals surface area contributed by atoms with Crippen molar-refractivity contribution < 1.29 is 19.5 Å². The fourth-order valence-electron chi connectivity index (χ4n) is 5.10. The molecule has 6 heteroatoms. The number of carboxylic acid groups (broad SMARTS) is 1. The first kappa shape index (κ1) is 29.7. The average molecular weight is 581 g/mol. The van der Waals surface area contributed by atoms with Crippen LogP contribution in [-0.4, -0.2) is 35.5 Å². The van der Waals surface area contributed by atoms with Crippen LogP contribution >= 0.6 is 0 Å². The molecule has 5 rings (SSSR count). The van der Waals surface area contributed by atoms with Crippen molar-refractivity contribution in [1.82, 2.24) is 10.6 Å². The summed E-state index contributed by atoms with van der Waals surface area (Å²) in [7, 11) is 0. The highest BCUT2D eigenvalue weighted by Gasteiger charge is 2.23. The van der Waals surface area contributed by atoms with E-state index < -0.39 is 30.4 Å². The maximum atomic E-state index is 13.4. The van der Waals surface area contributed by atoms with Gasteiger partial charge in [0.2, 0.25) is 5.91 Å². The van der Waals surface area contributed by atoms with Crippen molar-refractivity contribution in [3.63, 3.8) is 0 Å². The molecule has 6 nitrogen and oxygen atoms in total. The third-order valence-electron chi connectivity index (χ3n) is 7.19. The van der Waals surface area contributed by atoms with E-state index in [2.05, 4.69) is 47.0 Å². The van der Waals surface area contributed by atoms with Gasteiger partial charge in [0.05, 0.1) is 0 Å². The van der Waals surface area contributed by atoms with Gasteiger partial charge < -0.3 is 15.7 Å². The molecule has 0 fully saturated rings. The molecular formula is C38H32N2O4. The second-order valence-corrected chi connectivity index (χ2v) is 10.3. The summed E-state index contributed by atoms with van der Waals surface area (Å²) in [5, 5.41) is 14.2. The van der Waals surface area contributed by atoms with E-state index in [4.69, 9.17) is 5.11 Å². The molecule has 0 saturated carbocycles. The SMILES string of the molecule is O=C(O)CNC(=O)[C@H](Cc1ccccc1)NC(=O)c1ccc(C(=C(c2ccccc2)c2ccccc2)c2ccccc2)cc1. The van der Waals surface area contributed by atoms with E-state index in [1.54, 1.807) is 12.1 Å². The minimum absolute atomic E-state index is 0.217.